The van der Waals surface area contributed by atoms with Crippen LogP contribution < -0.4 is 5.32 Å². The standard InChI is InChI=1S/C23H26FNO3/c1-14(2)15-8-10-17(11-9-15)21(16-6-4-3-5-7-16)25-22(26)19-12-18(24)13-20(19)23(27)28/h3-11,14,18-21H,12-13H2,1-2H3,(H,25,26)(H,27,28). The van der Waals surface area contributed by atoms with Crippen molar-refractivity contribution in [3.63, 3.8) is 0 Å². The number of carbonyl (C=O) groups excluding carboxylic acids is 1. The van der Waals surface area contributed by atoms with Crippen LogP contribution >= 0.6 is 0 Å². The molecule has 1 saturated carbocycles. The van der Waals surface area contributed by atoms with E-state index in [1.54, 1.807) is 0 Å². The van der Waals surface area contributed by atoms with Gasteiger partial charge in [-0.15, -0.1) is 0 Å². The van der Waals surface area contributed by atoms with Gasteiger partial charge in [0.25, 0.3) is 0 Å². The lowest BCUT2D eigenvalue weighted by atomic mass is 9.92. The molecule has 4 atom stereocenters. The SMILES string of the molecule is CC(C)c1ccc(C(NC(=O)C2CC(F)CC2C(=O)O)c2ccccc2)cc1. The van der Waals surface area contributed by atoms with E-state index in [-0.39, 0.29) is 12.8 Å². The Morgan fingerprint density at radius 3 is 2.04 bits per heavy atom. The summed E-state index contributed by atoms with van der Waals surface area (Å²) in [6.45, 7) is 4.23. The summed E-state index contributed by atoms with van der Waals surface area (Å²) >= 11 is 0. The molecule has 1 fully saturated rings. The van der Waals surface area contributed by atoms with Crippen LogP contribution in [-0.2, 0) is 9.59 Å². The summed E-state index contributed by atoms with van der Waals surface area (Å²) in [5, 5.41) is 12.3. The van der Waals surface area contributed by atoms with E-state index in [0.717, 1.165) is 11.1 Å². The maximum atomic E-state index is 13.8. The normalized spacial score (nSPS) is 22.8. The quantitative estimate of drug-likeness (QED) is 0.774. The zero-order valence-corrected chi connectivity index (χ0v) is 16.1. The molecule has 2 N–H and O–H groups in total. The highest BCUT2D eigenvalue weighted by Gasteiger charge is 2.43. The minimum Gasteiger partial charge on any atom is -0.481 e. The molecule has 0 radical (unpaired) electrons. The number of hydrogen-bond acceptors (Lipinski definition) is 2. The predicted molar refractivity (Wildman–Crippen MR) is 106 cm³/mol. The second kappa shape index (κ2) is 8.55. The van der Waals surface area contributed by atoms with Crippen LogP contribution in [0.4, 0.5) is 4.39 Å². The first-order chi connectivity index (χ1) is 13.4. The zero-order valence-electron chi connectivity index (χ0n) is 16.1. The maximum Gasteiger partial charge on any atom is 0.307 e. The highest BCUT2D eigenvalue weighted by atomic mass is 19.1. The molecule has 148 valence electrons. The summed E-state index contributed by atoms with van der Waals surface area (Å²) in [5.74, 6) is -2.95. The Morgan fingerprint density at radius 1 is 0.929 bits per heavy atom. The molecule has 28 heavy (non-hydrogen) atoms. The number of nitrogens with one attached hydrogen (secondary N) is 1. The highest BCUT2D eigenvalue weighted by Crippen LogP contribution is 2.35. The van der Waals surface area contributed by atoms with Gasteiger partial charge in [-0.2, -0.15) is 0 Å². The number of benzene rings is 2. The summed E-state index contributed by atoms with van der Waals surface area (Å²) in [7, 11) is 0. The topological polar surface area (TPSA) is 66.4 Å². The fourth-order valence-electron chi connectivity index (χ4n) is 3.87. The third-order valence-corrected chi connectivity index (χ3v) is 5.52. The van der Waals surface area contributed by atoms with E-state index in [1.807, 2.05) is 54.6 Å². The van der Waals surface area contributed by atoms with Gasteiger partial charge in [0, 0.05) is 0 Å². The fraction of sp³-hybridized carbons (Fsp3) is 0.391. The molecule has 5 heteroatoms. The molecular weight excluding hydrogens is 357 g/mol. The summed E-state index contributed by atoms with van der Waals surface area (Å²) in [6, 6.07) is 17.1. The van der Waals surface area contributed by atoms with Crippen molar-refractivity contribution >= 4 is 11.9 Å². The number of aliphatic carboxylic acids is 1. The van der Waals surface area contributed by atoms with E-state index in [9.17, 15) is 19.1 Å². The van der Waals surface area contributed by atoms with Gasteiger partial charge in [0.2, 0.25) is 5.91 Å². The van der Waals surface area contributed by atoms with Crippen LogP contribution in [0.2, 0.25) is 0 Å². The van der Waals surface area contributed by atoms with Crippen LogP contribution in [0.1, 0.15) is 55.3 Å². The van der Waals surface area contributed by atoms with Gasteiger partial charge >= 0.3 is 5.97 Å². The molecule has 3 rings (SSSR count). The smallest absolute Gasteiger partial charge is 0.307 e. The molecule has 1 aliphatic carbocycles. The van der Waals surface area contributed by atoms with Gasteiger partial charge in [-0.25, -0.2) is 4.39 Å². The third kappa shape index (κ3) is 4.41. The number of amides is 1. The van der Waals surface area contributed by atoms with Gasteiger partial charge in [-0.3, -0.25) is 9.59 Å². The minimum absolute atomic E-state index is 0.0450. The lowest BCUT2D eigenvalue weighted by Crippen LogP contribution is -2.38. The molecule has 2 aromatic rings. The molecule has 0 heterocycles. The van der Waals surface area contributed by atoms with Crippen molar-refractivity contribution in [2.75, 3.05) is 0 Å². The second-order valence-corrected chi connectivity index (χ2v) is 7.79. The lowest BCUT2D eigenvalue weighted by Gasteiger charge is -2.24. The average molecular weight is 383 g/mol. The lowest BCUT2D eigenvalue weighted by molar-refractivity contribution is -0.146. The molecule has 4 nitrogen and oxygen atoms in total. The molecule has 0 aliphatic heterocycles. The van der Waals surface area contributed by atoms with Gasteiger partial charge in [0.05, 0.1) is 17.9 Å². The predicted octanol–water partition coefficient (Wildman–Crippen LogP) is 4.46. The van der Waals surface area contributed by atoms with Crippen LogP contribution in [0.25, 0.3) is 0 Å². The summed E-state index contributed by atoms with van der Waals surface area (Å²) in [6.07, 6.45) is -1.40. The molecule has 0 saturated heterocycles. The molecule has 1 amide bonds. The molecule has 1 aliphatic rings. The monoisotopic (exact) mass is 383 g/mol. The van der Waals surface area contributed by atoms with Gasteiger partial charge in [0.1, 0.15) is 6.17 Å². The molecule has 0 aromatic heterocycles. The number of carboxylic acid groups (broad SMARTS) is 1. The molecule has 0 bridgehead atoms. The number of rotatable bonds is 6. The molecular formula is C23H26FNO3. The van der Waals surface area contributed by atoms with Crippen molar-refractivity contribution < 1.29 is 19.1 Å². The highest BCUT2D eigenvalue weighted by molar-refractivity contribution is 5.86. The first-order valence-corrected chi connectivity index (χ1v) is 9.69. The zero-order chi connectivity index (χ0) is 20.3. The average Bonchev–Trinajstić information content (AvgIpc) is 3.09. The van der Waals surface area contributed by atoms with Gasteiger partial charge in [-0.1, -0.05) is 68.4 Å². The van der Waals surface area contributed by atoms with Gasteiger partial charge in [0.15, 0.2) is 0 Å². The molecule has 0 spiro atoms. The maximum absolute atomic E-state index is 13.8. The third-order valence-electron chi connectivity index (χ3n) is 5.52. The minimum atomic E-state index is -1.25. The van der Waals surface area contributed by atoms with Crippen molar-refractivity contribution in [1.82, 2.24) is 5.32 Å². The molecule has 2 aromatic carbocycles. The van der Waals surface area contributed by atoms with Crippen molar-refractivity contribution in [2.45, 2.75) is 44.8 Å². The second-order valence-electron chi connectivity index (χ2n) is 7.79. The van der Waals surface area contributed by atoms with Crippen molar-refractivity contribution in [2.24, 2.45) is 11.8 Å². The van der Waals surface area contributed by atoms with Gasteiger partial charge in [-0.05, 0) is 35.4 Å². The Hall–Kier alpha value is -2.69. The van der Waals surface area contributed by atoms with E-state index in [0.29, 0.717) is 5.92 Å². The van der Waals surface area contributed by atoms with E-state index in [2.05, 4.69) is 19.2 Å². The molecule has 4 unspecified atom stereocenters. The largest absolute Gasteiger partial charge is 0.481 e. The van der Waals surface area contributed by atoms with E-state index in [1.165, 1.54) is 5.56 Å². The Morgan fingerprint density at radius 2 is 1.46 bits per heavy atom. The Labute approximate surface area is 164 Å². The number of carbonyl (C=O) groups is 2. The Kier molecular flexibility index (Phi) is 6.12. The Bertz CT molecular complexity index is 820. The van der Waals surface area contributed by atoms with Crippen LogP contribution in [0, 0.1) is 11.8 Å². The summed E-state index contributed by atoms with van der Waals surface area (Å²) < 4.78 is 13.8. The van der Waals surface area contributed by atoms with Crippen molar-refractivity contribution in [1.29, 1.82) is 0 Å². The first-order valence-electron chi connectivity index (χ1n) is 9.69. The number of alkyl halides is 1. The van der Waals surface area contributed by atoms with Crippen molar-refractivity contribution in [3.05, 3.63) is 71.3 Å². The first kappa shape index (κ1) is 20.1. The number of halogens is 1. The van der Waals surface area contributed by atoms with Crippen LogP contribution in [0.3, 0.4) is 0 Å². The van der Waals surface area contributed by atoms with Crippen molar-refractivity contribution in [3.8, 4) is 0 Å². The number of carboxylic acids is 1. The summed E-state index contributed by atoms with van der Waals surface area (Å²) in [4.78, 5) is 24.3. The summed E-state index contributed by atoms with van der Waals surface area (Å²) in [5.41, 5.74) is 3.00. The van der Waals surface area contributed by atoms with E-state index in [4.69, 9.17) is 0 Å². The van der Waals surface area contributed by atoms with Crippen LogP contribution in [-0.4, -0.2) is 23.2 Å². The van der Waals surface area contributed by atoms with Crippen LogP contribution in [0.5, 0.6) is 0 Å². The number of hydrogen-bond donors (Lipinski definition) is 2. The van der Waals surface area contributed by atoms with E-state index >= 15 is 0 Å². The van der Waals surface area contributed by atoms with Crippen LogP contribution in [0.15, 0.2) is 54.6 Å². The van der Waals surface area contributed by atoms with Gasteiger partial charge < -0.3 is 10.4 Å². The fourth-order valence-corrected chi connectivity index (χ4v) is 3.87. The Balaban J connectivity index is 1.87. The van der Waals surface area contributed by atoms with E-state index < -0.39 is 35.9 Å².